The van der Waals surface area contributed by atoms with Crippen LogP contribution in [0.5, 0.6) is 0 Å². The third kappa shape index (κ3) is 5.02. The summed E-state index contributed by atoms with van der Waals surface area (Å²) in [4.78, 5) is 41.5. The average molecular weight is 429 g/mol. The molecule has 1 heterocycles. The largest absolute Gasteiger partial charge is 0.370 e. The summed E-state index contributed by atoms with van der Waals surface area (Å²) in [6.07, 6.45) is 2.25. The van der Waals surface area contributed by atoms with Gasteiger partial charge >= 0.3 is 6.03 Å². The molecule has 7 nitrogen and oxygen atoms in total. The van der Waals surface area contributed by atoms with Gasteiger partial charge in [-0.05, 0) is 56.1 Å². The Kier molecular flexibility index (Phi) is 6.62. The van der Waals surface area contributed by atoms with Crippen molar-refractivity contribution < 1.29 is 14.4 Å². The van der Waals surface area contributed by atoms with Crippen LogP contribution in [0.2, 0.25) is 0 Å². The second-order valence-electron chi connectivity index (χ2n) is 9.97. The van der Waals surface area contributed by atoms with Crippen molar-refractivity contribution in [2.24, 2.45) is 11.3 Å². The maximum atomic E-state index is 13.2. The second-order valence-corrected chi connectivity index (χ2v) is 9.97. The number of nitrogens with one attached hydrogen (secondary N) is 2. The summed E-state index contributed by atoms with van der Waals surface area (Å²) in [5.74, 6) is -0.241. The van der Waals surface area contributed by atoms with E-state index in [0.29, 0.717) is 31.8 Å². The van der Waals surface area contributed by atoms with Gasteiger partial charge in [0.25, 0.3) is 5.91 Å². The number of hydrogen-bond acceptors (Lipinski definition) is 4. The van der Waals surface area contributed by atoms with Gasteiger partial charge in [0.05, 0.1) is 0 Å². The van der Waals surface area contributed by atoms with E-state index in [4.69, 9.17) is 0 Å². The van der Waals surface area contributed by atoms with Gasteiger partial charge in [-0.1, -0.05) is 39.0 Å². The lowest BCUT2D eigenvalue weighted by molar-refractivity contribution is -0.137. The fourth-order valence-electron chi connectivity index (χ4n) is 5.55. The number of rotatable bonds is 7. The molecule has 1 aliphatic heterocycles. The van der Waals surface area contributed by atoms with Crippen molar-refractivity contribution in [2.45, 2.75) is 59.4 Å². The van der Waals surface area contributed by atoms with Crippen molar-refractivity contribution in [2.75, 3.05) is 31.1 Å². The number of imide groups is 1. The Bertz CT molecular complexity index is 853. The Morgan fingerprint density at radius 2 is 1.97 bits per heavy atom. The van der Waals surface area contributed by atoms with E-state index in [9.17, 15) is 14.4 Å². The van der Waals surface area contributed by atoms with Crippen molar-refractivity contribution in [1.82, 2.24) is 15.5 Å². The summed E-state index contributed by atoms with van der Waals surface area (Å²) >= 11 is 0. The van der Waals surface area contributed by atoms with Crippen molar-refractivity contribution in [3.05, 3.63) is 29.8 Å². The van der Waals surface area contributed by atoms with E-state index >= 15 is 0 Å². The minimum atomic E-state index is -0.873. The van der Waals surface area contributed by atoms with Crippen LogP contribution < -0.4 is 15.5 Å². The molecule has 3 rings (SSSR count). The van der Waals surface area contributed by atoms with E-state index in [0.717, 1.165) is 23.6 Å². The molecule has 7 heteroatoms. The van der Waals surface area contributed by atoms with E-state index in [1.165, 1.54) is 5.56 Å². The standard InChI is InChI=1S/C24H36N4O3/c1-6-27(19-10-8-7-9-18(19)3)12-11-25-20(29)15-28-21(30)24(26-22(28)31)14-17(2)13-23(4,5)16-24/h7-10,17H,6,11-16H2,1-5H3,(H,25,29)(H,26,31). The minimum Gasteiger partial charge on any atom is -0.370 e. The molecule has 2 atom stereocenters. The zero-order chi connectivity index (χ0) is 22.8. The number of carbonyl (C=O) groups excluding carboxylic acids is 3. The molecule has 170 valence electrons. The molecule has 1 aliphatic carbocycles. The predicted molar refractivity (Wildman–Crippen MR) is 122 cm³/mol. The molecule has 1 aromatic carbocycles. The van der Waals surface area contributed by atoms with Gasteiger partial charge in [-0.2, -0.15) is 0 Å². The van der Waals surface area contributed by atoms with Crippen molar-refractivity contribution in [3.8, 4) is 0 Å². The van der Waals surface area contributed by atoms with Gasteiger partial charge in [0.15, 0.2) is 0 Å². The zero-order valence-electron chi connectivity index (χ0n) is 19.5. The topological polar surface area (TPSA) is 81.8 Å². The summed E-state index contributed by atoms with van der Waals surface area (Å²) < 4.78 is 0. The Hall–Kier alpha value is -2.57. The van der Waals surface area contributed by atoms with E-state index in [1.807, 2.05) is 12.1 Å². The molecule has 2 N–H and O–H groups in total. The monoisotopic (exact) mass is 428 g/mol. The first-order valence-electron chi connectivity index (χ1n) is 11.3. The maximum absolute atomic E-state index is 13.2. The molecular formula is C24H36N4O3. The molecule has 2 aliphatic rings. The van der Waals surface area contributed by atoms with Crippen LogP contribution in [0.4, 0.5) is 10.5 Å². The molecule has 2 unspecified atom stereocenters. The summed E-state index contributed by atoms with van der Waals surface area (Å²) in [6, 6.07) is 7.69. The van der Waals surface area contributed by atoms with Gasteiger partial charge in [0.2, 0.25) is 5.91 Å². The number of benzene rings is 1. The molecule has 0 radical (unpaired) electrons. The van der Waals surface area contributed by atoms with E-state index in [1.54, 1.807) is 0 Å². The Morgan fingerprint density at radius 1 is 1.26 bits per heavy atom. The lowest BCUT2D eigenvalue weighted by Gasteiger charge is -2.43. The number of anilines is 1. The number of hydrogen-bond donors (Lipinski definition) is 2. The van der Waals surface area contributed by atoms with Gasteiger partial charge in [-0.15, -0.1) is 0 Å². The van der Waals surface area contributed by atoms with Gasteiger partial charge in [-0.3, -0.25) is 14.5 Å². The van der Waals surface area contributed by atoms with Crippen LogP contribution in [0.3, 0.4) is 0 Å². The highest BCUT2D eigenvalue weighted by molar-refractivity contribution is 6.09. The summed E-state index contributed by atoms with van der Waals surface area (Å²) in [7, 11) is 0. The van der Waals surface area contributed by atoms with Crippen LogP contribution in [-0.4, -0.2) is 54.5 Å². The Morgan fingerprint density at radius 3 is 2.61 bits per heavy atom. The van der Waals surface area contributed by atoms with Crippen LogP contribution in [0.25, 0.3) is 0 Å². The van der Waals surface area contributed by atoms with Crippen molar-refractivity contribution in [1.29, 1.82) is 0 Å². The van der Waals surface area contributed by atoms with Crippen molar-refractivity contribution >= 4 is 23.5 Å². The van der Waals surface area contributed by atoms with E-state index in [-0.39, 0.29) is 23.8 Å². The molecular weight excluding hydrogens is 392 g/mol. The quantitative estimate of drug-likeness (QED) is 0.654. The maximum Gasteiger partial charge on any atom is 0.325 e. The number of likely N-dealkylation sites (N-methyl/N-ethyl adjacent to an activating group) is 1. The molecule has 0 bridgehead atoms. The van der Waals surface area contributed by atoms with Crippen LogP contribution in [0.1, 0.15) is 52.5 Å². The molecule has 1 saturated heterocycles. The zero-order valence-corrected chi connectivity index (χ0v) is 19.5. The van der Waals surface area contributed by atoms with E-state index < -0.39 is 11.6 Å². The smallest absolute Gasteiger partial charge is 0.325 e. The molecule has 31 heavy (non-hydrogen) atoms. The SMILES string of the molecule is CCN(CCNC(=O)CN1C(=O)NC2(CC(C)CC(C)(C)C2)C1=O)c1ccccc1C. The predicted octanol–water partition coefficient (Wildman–Crippen LogP) is 3.07. The lowest BCUT2D eigenvalue weighted by atomic mass is 9.64. The van der Waals surface area contributed by atoms with Crippen LogP contribution >= 0.6 is 0 Å². The number of carbonyl (C=O) groups is 3. The number of nitrogens with zero attached hydrogens (tertiary/aromatic N) is 2. The average Bonchev–Trinajstić information content (AvgIpc) is 2.87. The molecule has 2 fully saturated rings. The van der Waals surface area contributed by atoms with Crippen LogP contribution in [0.15, 0.2) is 24.3 Å². The van der Waals surface area contributed by atoms with Crippen molar-refractivity contribution in [3.63, 3.8) is 0 Å². The van der Waals surface area contributed by atoms with Gasteiger partial charge in [0, 0.05) is 25.3 Å². The summed E-state index contributed by atoms with van der Waals surface area (Å²) in [5, 5.41) is 5.79. The van der Waals surface area contributed by atoms with Gasteiger partial charge in [-0.25, -0.2) is 4.79 Å². The lowest BCUT2D eigenvalue weighted by Crippen LogP contribution is -2.54. The Labute approximate surface area is 185 Å². The van der Waals surface area contributed by atoms with E-state index in [2.05, 4.69) is 62.3 Å². The first-order chi connectivity index (χ1) is 14.6. The molecule has 1 spiro atoms. The molecule has 1 aromatic rings. The van der Waals surface area contributed by atoms with Crippen LogP contribution in [-0.2, 0) is 9.59 Å². The summed E-state index contributed by atoms with van der Waals surface area (Å²) in [6.45, 7) is 12.2. The normalized spacial score (nSPS) is 24.9. The van der Waals surface area contributed by atoms with Gasteiger partial charge < -0.3 is 15.5 Å². The third-order valence-electron chi connectivity index (χ3n) is 6.47. The first-order valence-corrected chi connectivity index (χ1v) is 11.3. The summed E-state index contributed by atoms with van der Waals surface area (Å²) in [5.41, 5.74) is 1.43. The third-order valence-corrected chi connectivity index (χ3v) is 6.47. The number of amides is 4. The second kappa shape index (κ2) is 8.89. The highest BCUT2D eigenvalue weighted by Crippen LogP contribution is 2.46. The van der Waals surface area contributed by atoms with Crippen LogP contribution in [0, 0.1) is 18.3 Å². The number of urea groups is 1. The highest BCUT2D eigenvalue weighted by atomic mass is 16.2. The molecule has 4 amide bonds. The fraction of sp³-hybridized carbons (Fsp3) is 0.625. The van der Waals surface area contributed by atoms with Gasteiger partial charge in [0.1, 0.15) is 12.1 Å². The first kappa shape index (κ1) is 23.1. The Balaban J connectivity index is 1.56. The minimum absolute atomic E-state index is 0.0297. The molecule has 0 aromatic heterocycles. The highest BCUT2D eigenvalue weighted by Gasteiger charge is 2.56. The fourth-order valence-corrected chi connectivity index (χ4v) is 5.55. The molecule has 1 saturated carbocycles. The number of para-hydroxylation sites is 1. The number of aryl methyl sites for hydroxylation is 1.